The van der Waals surface area contributed by atoms with E-state index in [0.717, 1.165) is 4.88 Å². The third kappa shape index (κ3) is 2.85. The molecule has 0 atom stereocenters. The maximum absolute atomic E-state index is 10.5. The molecule has 1 heterocycles. The lowest BCUT2D eigenvalue weighted by Gasteiger charge is -2.05. The van der Waals surface area contributed by atoms with Crippen molar-refractivity contribution in [3.05, 3.63) is 22.4 Å². The van der Waals surface area contributed by atoms with E-state index in [1.54, 1.807) is 0 Å². The van der Waals surface area contributed by atoms with Gasteiger partial charge < -0.3 is 10.2 Å². The van der Waals surface area contributed by atoms with Crippen LogP contribution in [-0.2, 0) is 16.0 Å². The maximum Gasteiger partial charge on any atom is 0.317 e. The van der Waals surface area contributed by atoms with Crippen molar-refractivity contribution in [2.75, 3.05) is 0 Å². The van der Waals surface area contributed by atoms with Crippen LogP contribution in [0.2, 0.25) is 0 Å². The molecule has 0 aliphatic rings. The van der Waals surface area contributed by atoms with Gasteiger partial charge in [-0.15, -0.1) is 11.3 Å². The van der Waals surface area contributed by atoms with E-state index in [2.05, 4.69) is 0 Å². The molecule has 0 aliphatic heterocycles. The lowest BCUT2D eigenvalue weighted by Crippen LogP contribution is -2.23. The second-order valence-electron chi connectivity index (χ2n) is 2.85. The fourth-order valence-electron chi connectivity index (χ4n) is 1.09. The Labute approximate surface area is 84.8 Å². The Morgan fingerprint density at radius 2 is 2.00 bits per heavy atom. The lowest BCUT2D eigenvalue weighted by atomic mass is 10.0. The van der Waals surface area contributed by atoms with Crippen molar-refractivity contribution in [2.45, 2.75) is 12.8 Å². The Morgan fingerprint density at radius 3 is 2.43 bits per heavy atom. The van der Waals surface area contributed by atoms with Crippen LogP contribution in [0.1, 0.15) is 11.3 Å². The summed E-state index contributed by atoms with van der Waals surface area (Å²) in [6.07, 6.45) is 0.645. The van der Waals surface area contributed by atoms with Gasteiger partial charge in [0, 0.05) is 4.88 Å². The highest BCUT2D eigenvalue weighted by molar-refractivity contribution is 7.09. The Balaban J connectivity index is 2.49. The minimum Gasteiger partial charge on any atom is -0.481 e. The van der Waals surface area contributed by atoms with Gasteiger partial charge in [-0.05, 0) is 24.3 Å². The van der Waals surface area contributed by atoms with Crippen LogP contribution in [0.3, 0.4) is 0 Å². The van der Waals surface area contributed by atoms with Crippen molar-refractivity contribution in [2.24, 2.45) is 5.92 Å². The normalized spacial score (nSPS) is 10.4. The molecule has 1 aromatic heterocycles. The molecule has 0 aromatic carbocycles. The Kier molecular flexibility index (Phi) is 3.64. The minimum absolute atomic E-state index is 0.144. The molecule has 1 aromatic rings. The summed E-state index contributed by atoms with van der Waals surface area (Å²) in [5.74, 6) is -3.83. The van der Waals surface area contributed by atoms with Crippen LogP contribution in [0.25, 0.3) is 0 Å². The van der Waals surface area contributed by atoms with E-state index in [1.807, 2.05) is 17.5 Å². The predicted octanol–water partition coefficient (Wildman–Crippen LogP) is 1.47. The Morgan fingerprint density at radius 1 is 1.36 bits per heavy atom. The van der Waals surface area contributed by atoms with Gasteiger partial charge in [-0.2, -0.15) is 0 Å². The minimum atomic E-state index is -1.29. The molecule has 0 aliphatic carbocycles. The highest BCUT2D eigenvalue weighted by atomic mass is 32.1. The van der Waals surface area contributed by atoms with Gasteiger partial charge in [-0.3, -0.25) is 9.59 Å². The summed E-state index contributed by atoms with van der Waals surface area (Å²) in [6.45, 7) is 0. The zero-order valence-corrected chi connectivity index (χ0v) is 8.16. The van der Waals surface area contributed by atoms with E-state index in [1.165, 1.54) is 11.3 Å². The number of hydrogen-bond donors (Lipinski definition) is 2. The first-order valence-corrected chi connectivity index (χ1v) is 4.97. The first kappa shape index (κ1) is 10.7. The molecular formula is C9H10O4S. The van der Waals surface area contributed by atoms with E-state index in [4.69, 9.17) is 10.2 Å². The highest BCUT2D eigenvalue weighted by Gasteiger charge is 2.25. The van der Waals surface area contributed by atoms with Gasteiger partial charge in [-0.1, -0.05) is 6.07 Å². The van der Waals surface area contributed by atoms with Gasteiger partial charge in [-0.25, -0.2) is 0 Å². The van der Waals surface area contributed by atoms with Crippen molar-refractivity contribution in [1.29, 1.82) is 0 Å². The first-order valence-electron chi connectivity index (χ1n) is 4.09. The zero-order valence-electron chi connectivity index (χ0n) is 7.34. The smallest absolute Gasteiger partial charge is 0.317 e. The van der Waals surface area contributed by atoms with Crippen LogP contribution in [0, 0.1) is 5.92 Å². The molecule has 0 radical (unpaired) electrons. The Hall–Kier alpha value is -1.36. The largest absolute Gasteiger partial charge is 0.481 e. The third-order valence-corrected chi connectivity index (χ3v) is 2.79. The van der Waals surface area contributed by atoms with Gasteiger partial charge in [0.15, 0.2) is 5.92 Å². The quantitative estimate of drug-likeness (QED) is 0.728. The van der Waals surface area contributed by atoms with Crippen LogP contribution in [0.15, 0.2) is 17.5 Å². The van der Waals surface area contributed by atoms with Gasteiger partial charge in [0.1, 0.15) is 0 Å². The first-order chi connectivity index (χ1) is 6.61. The third-order valence-electron chi connectivity index (χ3n) is 1.86. The second-order valence-corrected chi connectivity index (χ2v) is 3.88. The molecule has 0 saturated heterocycles. The van der Waals surface area contributed by atoms with Crippen molar-refractivity contribution >= 4 is 23.3 Å². The van der Waals surface area contributed by atoms with Crippen LogP contribution in [0.4, 0.5) is 0 Å². The summed E-state index contributed by atoms with van der Waals surface area (Å²) in [5, 5.41) is 19.1. The van der Waals surface area contributed by atoms with E-state index >= 15 is 0 Å². The molecule has 0 saturated carbocycles. The topological polar surface area (TPSA) is 74.6 Å². The van der Waals surface area contributed by atoms with Crippen molar-refractivity contribution in [3.63, 3.8) is 0 Å². The Bertz CT molecular complexity index is 304. The second kappa shape index (κ2) is 4.76. The van der Waals surface area contributed by atoms with Gasteiger partial charge >= 0.3 is 11.9 Å². The molecule has 0 spiro atoms. The highest BCUT2D eigenvalue weighted by Crippen LogP contribution is 2.15. The number of carbonyl (C=O) groups is 2. The van der Waals surface area contributed by atoms with Crippen LogP contribution >= 0.6 is 11.3 Å². The number of hydrogen-bond acceptors (Lipinski definition) is 3. The number of aliphatic carboxylic acids is 2. The summed E-state index contributed by atoms with van der Waals surface area (Å²) in [5.41, 5.74) is 0. The fourth-order valence-corrected chi connectivity index (χ4v) is 1.82. The van der Waals surface area contributed by atoms with Gasteiger partial charge in [0.05, 0.1) is 0 Å². The summed E-state index contributed by atoms with van der Waals surface area (Å²) in [7, 11) is 0. The van der Waals surface area contributed by atoms with Crippen molar-refractivity contribution < 1.29 is 19.8 Å². The molecule has 0 amide bonds. The van der Waals surface area contributed by atoms with Gasteiger partial charge in [0.2, 0.25) is 0 Å². The molecule has 0 fully saturated rings. The number of carboxylic acid groups (broad SMARTS) is 2. The van der Waals surface area contributed by atoms with E-state index in [0.29, 0.717) is 6.42 Å². The monoisotopic (exact) mass is 214 g/mol. The van der Waals surface area contributed by atoms with E-state index in [-0.39, 0.29) is 6.42 Å². The molecule has 14 heavy (non-hydrogen) atoms. The lowest BCUT2D eigenvalue weighted by molar-refractivity contribution is -0.154. The number of thiophene rings is 1. The van der Waals surface area contributed by atoms with Crippen LogP contribution in [0.5, 0.6) is 0 Å². The molecular weight excluding hydrogens is 204 g/mol. The molecule has 1 rings (SSSR count). The average molecular weight is 214 g/mol. The van der Waals surface area contributed by atoms with Crippen LogP contribution < -0.4 is 0 Å². The van der Waals surface area contributed by atoms with E-state index in [9.17, 15) is 9.59 Å². The zero-order chi connectivity index (χ0) is 10.6. The average Bonchev–Trinajstić information content (AvgIpc) is 2.55. The fraction of sp³-hybridized carbons (Fsp3) is 0.333. The molecule has 0 bridgehead atoms. The summed E-state index contributed by atoms with van der Waals surface area (Å²) in [6, 6.07) is 3.72. The standard InChI is InChI=1S/C9H10O4S/c10-8(11)7(9(12)13)4-3-6-2-1-5-14-6/h1-2,5,7H,3-4H2,(H,10,11)(H,12,13). The summed E-state index contributed by atoms with van der Waals surface area (Å²) < 4.78 is 0. The van der Waals surface area contributed by atoms with Gasteiger partial charge in [0.25, 0.3) is 0 Å². The molecule has 76 valence electrons. The number of rotatable bonds is 5. The van der Waals surface area contributed by atoms with Crippen molar-refractivity contribution in [1.82, 2.24) is 0 Å². The SMILES string of the molecule is O=C(O)C(CCc1cccs1)C(=O)O. The van der Waals surface area contributed by atoms with Crippen LogP contribution in [-0.4, -0.2) is 22.2 Å². The number of aryl methyl sites for hydroxylation is 1. The molecule has 5 heteroatoms. The van der Waals surface area contributed by atoms with Crippen molar-refractivity contribution in [3.8, 4) is 0 Å². The number of carboxylic acids is 2. The molecule has 4 nitrogen and oxygen atoms in total. The van der Waals surface area contributed by atoms with E-state index < -0.39 is 17.9 Å². The maximum atomic E-state index is 10.5. The molecule has 0 unspecified atom stereocenters. The molecule has 2 N–H and O–H groups in total. The predicted molar refractivity (Wildman–Crippen MR) is 51.4 cm³/mol. The summed E-state index contributed by atoms with van der Waals surface area (Å²) >= 11 is 1.50. The summed E-state index contributed by atoms with van der Waals surface area (Å²) in [4.78, 5) is 22.1.